The third kappa shape index (κ3) is 9.23. The number of ether oxygens (including phenoxy) is 1. The van der Waals surface area contributed by atoms with E-state index in [4.69, 9.17) is 9.72 Å². The Morgan fingerprint density at radius 2 is 1.15 bits per heavy atom. The normalized spacial score (nSPS) is 12.1. The van der Waals surface area contributed by atoms with Crippen LogP contribution in [0.2, 0.25) is 0 Å². The van der Waals surface area contributed by atoms with Crippen molar-refractivity contribution >= 4 is 32.8 Å². The van der Waals surface area contributed by atoms with Gasteiger partial charge in [0.1, 0.15) is 5.82 Å². The van der Waals surface area contributed by atoms with Gasteiger partial charge in [0, 0.05) is 44.3 Å². The van der Waals surface area contributed by atoms with Crippen LogP contribution >= 0.6 is 0 Å². The quantitative estimate of drug-likeness (QED) is 0.101. The summed E-state index contributed by atoms with van der Waals surface area (Å²) in [6, 6.07) is 74.1. The minimum atomic E-state index is -0.0610. The molecule has 0 bridgehead atoms. The summed E-state index contributed by atoms with van der Waals surface area (Å²) in [5.74, 6) is 2.00. The smallest absolute Gasteiger partial charge is 0.268 e. The molecule has 0 radical (unpaired) electrons. The predicted octanol–water partition coefficient (Wildman–Crippen LogP) is 16.0. The molecule has 72 heavy (non-hydrogen) atoms. The second-order valence-corrected chi connectivity index (χ2v) is 21.5. The van der Waals surface area contributed by atoms with Crippen molar-refractivity contribution in [2.75, 3.05) is 0 Å². The molecule has 11 rings (SSSR count). The van der Waals surface area contributed by atoms with Crippen LogP contribution in [0.5, 0.6) is 11.5 Å². The molecule has 8 aromatic carbocycles. The Bertz CT molecular complexity index is 3730. The average molecular weight is 1120 g/mol. The number of pyridine rings is 1. The molecule has 360 valence electrons. The monoisotopic (exact) mass is 1120 g/mol. The molecule has 3 aromatic heterocycles. The van der Waals surface area contributed by atoms with Crippen LogP contribution in [0.1, 0.15) is 77.6 Å². The third-order valence-corrected chi connectivity index (χ3v) is 13.9. The number of imidazole rings is 1. The SMILES string of the molecule is CC(C)(C)c1cc(-c2cccc(-c3ccccc3)c2-[n+]2[c-]n(-c3[c-]c(Oc4[c-]c5c(cc4)c4ccccc4n5-c4cc(CC(C)(C)c5ccccc5)ccn4)ccc3)c3ccccc32)cc(C(C)(C)C)c1.[Pt]. The number of fused-ring (bicyclic) bond motifs is 4. The molecule has 0 unspecified atom stereocenters. The van der Waals surface area contributed by atoms with E-state index in [9.17, 15) is 0 Å². The van der Waals surface area contributed by atoms with Gasteiger partial charge in [-0.05, 0) is 96.4 Å². The molecule has 6 heteroatoms. The summed E-state index contributed by atoms with van der Waals surface area (Å²) in [6.07, 6.45) is 6.64. The fraction of sp³-hybridized carbons (Fsp3) is 0.182. The zero-order chi connectivity index (χ0) is 49.1. The molecular formula is C66H58N4OPt-2. The van der Waals surface area contributed by atoms with Crippen molar-refractivity contribution in [3.8, 4) is 50.9 Å². The van der Waals surface area contributed by atoms with E-state index in [1.165, 1.54) is 27.8 Å². The maximum atomic E-state index is 6.73. The predicted molar refractivity (Wildman–Crippen MR) is 291 cm³/mol. The Labute approximate surface area is 438 Å². The molecular weight excluding hydrogens is 1060 g/mol. The van der Waals surface area contributed by atoms with E-state index in [0.717, 1.165) is 73.1 Å². The third-order valence-electron chi connectivity index (χ3n) is 13.9. The Morgan fingerprint density at radius 3 is 1.88 bits per heavy atom. The Balaban J connectivity index is 0.00000596. The number of para-hydroxylation sites is 4. The van der Waals surface area contributed by atoms with Gasteiger partial charge in [-0.2, -0.15) is 18.2 Å². The van der Waals surface area contributed by atoms with Crippen LogP contribution < -0.4 is 9.30 Å². The molecule has 0 fully saturated rings. The molecule has 3 heterocycles. The number of rotatable bonds is 10. The molecule has 0 amide bonds. The van der Waals surface area contributed by atoms with Crippen molar-refractivity contribution in [1.82, 2.24) is 14.1 Å². The van der Waals surface area contributed by atoms with E-state index >= 15 is 0 Å². The van der Waals surface area contributed by atoms with Gasteiger partial charge in [-0.15, -0.1) is 29.7 Å². The van der Waals surface area contributed by atoms with Gasteiger partial charge >= 0.3 is 0 Å². The molecule has 5 nitrogen and oxygen atoms in total. The van der Waals surface area contributed by atoms with E-state index in [1.807, 2.05) is 24.4 Å². The minimum absolute atomic E-state index is 0. The van der Waals surface area contributed by atoms with Crippen molar-refractivity contribution in [1.29, 1.82) is 0 Å². The summed E-state index contributed by atoms with van der Waals surface area (Å²) in [6.45, 7) is 18.4. The summed E-state index contributed by atoms with van der Waals surface area (Å²) < 4.78 is 13.3. The van der Waals surface area contributed by atoms with Gasteiger partial charge in [-0.1, -0.05) is 200 Å². The summed E-state index contributed by atoms with van der Waals surface area (Å²) >= 11 is 0. The number of hydrogen-bond donors (Lipinski definition) is 0. The summed E-state index contributed by atoms with van der Waals surface area (Å²) in [5, 5.41) is 2.21. The van der Waals surface area contributed by atoms with Crippen molar-refractivity contribution in [2.45, 2.75) is 78.1 Å². The van der Waals surface area contributed by atoms with E-state index in [-0.39, 0.29) is 37.3 Å². The first-order valence-corrected chi connectivity index (χ1v) is 24.7. The van der Waals surface area contributed by atoms with Crippen molar-refractivity contribution in [2.24, 2.45) is 0 Å². The Hall–Kier alpha value is -7.33. The van der Waals surface area contributed by atoms with Crippen LogP contribution in [0.15, 0.2) is 194 Å². The van der Waals surface area contributed by atoms with Crippen molar-refractivity contribution in [3.63, 3.8) is 0 Å². The number of hydrogen-bond acceptors (Lipinski definition) is 2. The Morgan fingerprint density at radius 1 is 0.528 bits per heavy atom. The fourth-order valence-electron chi connectivity index (χ4n) is 10.0. The number of benzene rings is 8. The molecule has 0 aliphatic heterocycles. The largest absolute Gasteiger partial charge is 0.510 e. The maximum Gasteiger partial charge on any atom is 0.268 e. The van der Waals surface area contributed by atoms with Gasteiger partial charge in [-0.3, -0.25) is 4.57 Å². The maximum absolute atomic E-state index is 6.73. The second-order valence-electron chi connectivity index (χ2n) is 21.5. The van der Waals surface area contributed by atoms with Gasteiger partial charge in [0.15, 0.2) is 0 Å². The van der Waals surface area contributed by atoms with Crippen molar-refractivity contribution in [3.05, 3.63) is 235 Å². The summed E-state index contributed by atoms with van der Waals surface area (Å²) in [7, 11) is 0. The zero-order valence-electron chi connectivity index (χ0n) is 42.2. The molecule has 0 N–H and O–H groups in total. The summed E-state index contributed by atoms with van der Waals surface area (Å²) in [5.41, 5.74) is 15.4. The van der Waals surface area contributed by atoms with Crippen LogP contribution in [-0.2, 0) is 43.7 Å². The van der Waals surface area contributed by atoms with Crippen LogP contribution in [0.4, 0.5) is 0 Å². The minimum Gasteiger partial charge on any atom is -0.510 e. The molecule has 0 aliphatic rings. The number of aromatic nitrogens is 4. The van der Waals surface area contributed by atoms with E-state index in [1.54, 1.807) is 0 Å². The van der Waals surface area contributed by atoms with Gasteiger partial charge in [-0.25, -0.2) is 4.98 Å². The van der Waals surface area contributed by atoms with Crippen LogP contribution in [0.25, 0.3) is 72.3 Å². The van der Waals surface area contributed by atoms with Crippen molar-refractivity contribution < 1.29 is 30.4 Å². The number of nitrogens with zero attached hydrogens (tertiary/aromatic N) is 4. The van der Waals surface area contributed by atoms with Crippen LogP contribution in [0, 0.1) is 18.5 Å². The average Bonchev–Trinajstić information content (AvgIpc) is 3.92. The van der Waals surface area contributed by atoms with Crippen LogP contribution in [0.3, 0.4) is 0 Å². The molecule has 0 aliphatic carbocycles. The molecule has 0 saturated heterocycles. The van der Waals surface area contributed by atoms with E-state index in [2.05, 4.69) is 257 Å². The van der Waals surface area contributed by atoms with Crippen LogP contribution in [-0.4, -0.2) is 14.1 Å². The first kappa shape index (κ1) is 48.3. The van der Waals surface area contributed by atoms with Gasteiger partial charge in [0.2, 0.25) is 0 Å². The van der Waals surface area contributed by atoms with E-state index in [0.29, 0.717) is 11.5 Å². The first-order chi connectivity index (χ1) is 34.2. The first-order valence-electron chi connectivity index (χ1n) is 24.7. The van der Waals surface area contributed by atoms with E-state index < -0.39 is 0 Å². The van der Waals surface area contributed by atoms with Gasteiger partial charge in [0.05, 0.1) is 16.7 Å². The van der Waals surface area contributed by atoms with Gasteiger partial charge in [0.25, 0.3) is 6.33 Å². The standard InChI is InChI=1S/C66H58N4O.Pt/c1-64(2,3)49-38-47(39-50(40-49)65(4,5)6)55-29-20-28-54(46-21-11-9-12-22-46)63(55)69-44-68(59-31-17-18-32-60(59)69)51-25-19-26-52(41-51)71-53-33-34-57-56-27-15-16-30-58(56)70(61(57)42-53)62-37-45(35-36-67-62)43-66(7,8)48-23-13-10-14-24-48;/h9-40H,43H2,1-8H3;/q-2;. The summed E-state index contributed by atoms with van der Waals surface area (Å²) in [4.78, 5) is 4.95. The molecule has 11 aromatic rings. The second kappa shape index (κ2) is 19.0. The molecule has 0 saturated carbocycles. The topological polar surface area (TPSA) is 35.9 Å². The molecule has 0 spiro atoms. The zero-order valence-corrected chi connectivity index (χ0v) is 44.5. The Kier molecular flexibility index (Phi) is 12.8. The fourth-order valence-corrected chi connectivity index (χ4v) is 10.0. The molecule has 0 atom stereocenters. The van der Waals surface area contributed by atoms with Gasteiger partial charge < -0.3 is 13.9 Å².